The molecule has 0 aliphatic rings. The van der Waals surface area contributed by atoms with Crippen molar-refractivity contribution in [3.05, 3.63) is 28.5 Å². The van der Waals surface area contributed by atoms with Crippen molar-refractivity contribution < 1.29 is 4.18 Å². The second kappa shape index (κ2) is 4.70. The number of aromatic nitrogens is 1. The van der Waals surface area contributed by atoms with Crippen LogP contribution in [0.15, 0.2) is 12.1 Å². The molecule has 2 nitrogen and oxygen atoms in total. The van der Waals surface area contributed by atoms with E-state index in [2.05, 4.69) is 4.98 Å². The minimum atomic E-state index is 0.507. The fourth-order valence-corrected chi connectivity index (χ4v) is 1.28. The summed E-state index contributed by atoms with van der Waals surface area (Å²) in [6, 6.07) is 3.85. The molecule has 0 aliphatic carbocycles. The van der Waals surface area contributed by atoms with Gasteiger partial charge in [-0.15, -0.1) is 0 Å². The second-order valence-corrected chi connectivity index (χ2v) is 3.26. The Morgan fingerprint density at radius 2 is 2.33 bits per heavy atom. The van der Waals surface area contributed by atoms with Crippen molar-refractivity contribution >= 4 is 23.6 Å². The molecule has 12 heavy (non-hydrogen) atoms. The zero-order valence-corrected chi connectivity index (χ0v) is 8.58. The number of rotatable bonds is 3. The lowest BCUT2D eigenvalue weighted by atomic mass is 10.3. The molecule has 0 radical (unpaired) electrons. The van der Waals surface area contributed by atoms with E-state index >= 15 is 0 Å². The van der Waals surface area contributed by atoms with E-state index in [0.29, 0.717) is 11.8 Å². The molecule has 0 bridgehead atoms. The van der Waals surface area contributed by atoms with Gasteiger partial charge in [-0.25, -0.2) is 4.98 Å². The molecule has 0 saturated carbocycles. The maximum Gasteiger partial charge on any atom is 0.134 e. The molecule has 0 saturated heterocycles. The summed E-state index contributed by atoms with van der Waals surface area (Å²) in [6.07, 6.45) is 1.87. The molecule has 0 aliphatic heterocycles. The Balaban J connectivity index is 2.72. The summed E-state index contributed by atoms with van der Waals surface area (Å²) in [7, 11) is 0. The molecule has 1 aromatic rings. The van der Waals surface area contributed by atoms with Crippen LogP contribution in [0.5, 0.6) is 0 Å². The highest BCUT2D eigenvalue weighted by molar-refractivity contribution is 7.93. The van der Waals surface area contributed by atoms with E-state index in [4.69, 9.17) is 15.8 Å². The first-order valence-corrected chi connectivity index (χ1v) is 5.04. The number of halogens is 1. The largest absolute Gasteiger partial charge is 0.311 e. The number of aryl methyl sites for hydroxylation is 1. The van der Waals surface area contributed by atoms with Gasteiger partial charge in [0.25, 0.3) is 0 Å². The molecule has 1 aromatic heterocycles. The van der Waals surface area contributed by atoms with Gasteiger partial charge in [0, 0.05) is 17.5 Å². The first-order chi connectivity index (χ1) is 5.74. The van der Waals surface area contributed by atoms with Crippen LogP contribution in [0.4, 0.5) is 0 Å². The third-order valence-corrected chi connectivity index (χ3v) is 2.08. The van der Waals surface area contributed by atoms with Crippen molar-refractivity contribution in [2.75, 3.05) is 6.26 Å². The van der Waals surface area contributed by atoms with Crippen molar-refractivity contribution in [1.29, 1.82) is 0 Å². The summed E-state index contributed by atoms with van der Waals surface area (Å²) in [5, 5.41) is 0.532. The molecule has 0 unspecified atom stereocenters. The highest BCUT2D eigenvalue weighted by Crippen LogP contribution is 2.16. The minimum absolute atomic E-state index is 0.507. The summed E-state index contributed by atoms with van der Waals surface area (Å²) < 4.78 is 5.13. The highest BCUT2D eigenvalue weighted by Gasteiger charge is 2.00. The van der Waals surface area contributed by atoms with Crippen molar-refractivity contribution in [2.24, 2.45) is 0 Å². The van der Waals surface area contributed by atoms with Gasteiger partial charge >= 0.3 is 0 Å². The van der Waals surface area contributed by atoms with Crippen molar-refractivity contribution in [2.45, 2.75) is 13.5 Å². The average Bonchev–Trinajstić information content (AvgIpc) is 2.03. The molecule has 1 heterocycles. The van der Waals surface area contributed by atoms with Crippen molar-refractivity contribution in [3.63, 3.8) is 0 Å². The molecule has 0 atom stereocenters. The molecular weight excluding hydrogens is 194 g/mol. The van der Waals surface area contributed by atoms with Gasteiger partial charge in [0.05, 0.1) is 6.61 Å². The summed E-state index contributed by atoms with van der Waals surface area (Å²) >= 11 is 7.19. The van der Waals surface area contributed by atoms with Gasteiger partial charge in [0.1, 0.15) is 5.15 Å². The van der Waals surface area contributed by atoms with Crippen LogP contribution < -0.4 is 0 Å². The molecule has 1 rings (SSSR count). The Bertz CT molecular complexity index is 267. The SMILES string of the molecule is CSOCc1ccc(C)nc1Cl. The quantitative estimate of drug-likeness (QED) is 0.557. The lowest BCUT2D eigenvalue weighted by Crippen LogP contribution is -1.91. The molecule has 0 spiro atoms. The van der Waals surface area contributed by atoms with Crippen LogP contribution in [0.3, 0.4) is 0 Å². The molecule has 0 aromatic carbocycles. The van der Waals surface area contributed by atoms with Crippen molar-refractivity contribution in [3.8, 4) is 0 Å². The van der Waals surface area contributed by atoms with Crippen LogP contribution in [0, 0.1) is 6.92 Å². The first kappa shape index (κ1) is 9.84. The summed E-state index contributed by atoms with van der Waals surface area (Å²) in [6.45, 7) is 2.42. The smallest absolute Gasteiger partial charge is 0.134 e. The number of nitrogens with zero attached hydrogens (tertiary/aromatic N) is 1. The normalized spacial score (nSPS) is 10.2. The Kier molecular flexibility index (Phi) is 3.85. The maximum absolute atomic E-state index is 5.86. The van der Waals surface area contributed by atoms with Gasteiger partial charge in [-0.2, -0.15) is 0 Å². The zero-order chi connectivity index (χ0) is 8.97. The van der Waals surface area contributed by atoms with Gasteiger partial charge in [0.15, 0.2) is 0 Å². The molecule has 0 N–H and O–H groups in total. The van der Waals surface area contributed by atoms with Gasteiger partial charge in [0.2, 0.25) is 0 Å². The van der Waals surface area contributed by atoms with Crippen LogP contribution in [0.2, 0.25) is 5.15 Å². The van der Waals surface area contributed by atoms with E-state index in [0.717, 1.165) is 11.3 Å². The first-order valence-electron chi connectivity index (χ1n) is 3.51. The standard InChI is InChI=1S/C8H10ClNOS/c1-6-3-4-7(5-11-12-2)8(9)10-6/h3-4H,5H2,1-2H3. The molecule has 0 fully saturated rings. The molecule has 0 amide bonds. The fraction of sp³-hybridized carbons (Fsp3) is 0.375. The number of hydrogen-bond acceptors (Lipinski definition) is 3. The van der Waals surface area contributed by atoms with E-state index in [-0.39, 0.29) is 0 Å². The van der Waals surface area contributed by atoms with Crippen LogP contribution in [0.25, 0.3) is 0 Å². The Labute approximate surface area is 81.5 Å². The predicted octanol–water partition coefficient (Wildman–Crippen LogP) is 2.84. The Morgan fingerprint density at radius 1 is 1.58 bits per heavy atom. The minimum Gasteiger partial charge on any atom is -0.311 e. The number of hydrogen-bond donors (Lipinski definition) is 0. The lowest BCUT2D eigenvalue weighted by molar-refractivity contribution is 0.365. The van der Waals surface area contributed by atoms with E-state index < -0.39 is 0 Å². The summed E-state index contributed by atoms with van der Waals surface area (Å²) in [5.74, 6) is 0. The fourth-order valence-electron chi connectivity index (χ4n) is 0.784. The van der Waals surface area contributed by atoms with Gasteiger partial charge in [-0.1, -0.05) is 17.7 Å². The maximum atomic E-state index is 5.86. The van der Waals surface area contributed by atoms with Gasteiger partial charge in [-0.3, -0.25) is 0 Å². The van der Waals surface area contributed by atoms with E-state index in [1.165, 1.54) is 12.0 Å². The lowest BCUT2D eigenvalue weighted by Gasteiger charge is -2.02. The second-order valence-electron chi connectivity index (χ2n) is 2.33. The molecule has 66 valence electrons. The van der Waals surface area contributed by atoms with Crippen LogP contribution in [-0.2, 0) is 10.8 Å². The van der Waals surface area contributed by atoms with Crippen LogP contribution in [-0.4, -0.2) is 11.2 Å². The Hall–Kier alpha value is -0.250. The molecular formula is C8H10ClNOS. The van der Waals surface area contributed by atoms with Gasteiger partial charge < -0.3 is 4.18 Å². The summed E-state index contributed by atoms with van der Waals surface area (Å²) in [4.78, 5) is 4.10. The predicted molar refractivity (Wildman–Crippen MR) is 52.3 cm³/mol. The molecule has 4 heteroatoms. The van der Waals surface area contributed by atoms with E-state index in [1.807, 2.05) is 25.3 Å². The average molecular weight is 204 g/mol. The summed E-state index contributed by atoms with van der Waals surface area (Å²) in [5.41, 5.74) is 1.85. The van der Waals surface area contributed by atoms with Crippen LogP contribution in [0.1, 0.15) is 11.3 Å². The van der Waals surface area contributed by atoms with E-state index in [9.17, 15) is 0 Å². The van der Waals surface area contributed by atoms with Crippen LogP contribution >= 0.6 is 23.6 Å². The Morgan fingerprint density at radius 3 is 2.92 bits per heavy atom. The third kappa shape index (κ3) is 2.66. The number of pyridine rings is 1. The van der Waals surface area contributed by atoms with Crippen molar-refractivity contribution in [1.82, 2.24) is 4.98 Å². The van der Waals surface area contributed by atoms with Gasteiger partial charge in [-0.05, 0) is 25.0 Å². The monoisotopic (exact) mass is 203 g/mol. The topological polar surface area (TPSA) is 22.1 Å². The van der Waals surface area contributed by atoms with E-state index in [1.54, 1.807) is 0 Å². The highest BCUT2D eigenvalue weighted by atomic mass is 35.5. The zero-order valence-electron chi connectivity index (χ0n) is 7.00. The third-order valence-electron chi connectivity index (χ3n) is 1.40.